The van der Waals surface area contributed by atoms with E-state index < -0.39 is 17.5 Å². The molecule has 0 spiro atoms. The number of amides is 1. The largest absolute Gasteiger partial charge is 0.493 e. The zero-order valence-electron chi connectivity index (χ0n) is 13.2. The van der Waals surface area contributed by atoms with Crippen molar-refractivity contribution in [3.63, 3.8) is 0 Å². The molecule has 26 heavy (non-hydrogen) atoms. The molecule has 2 aromatic carbocycles. The average molecular weight is 393 g/mol. The molecule has 1 aliphatic rings. The summed E-state index contributed by atoms with van der Waals surface area (Å²) < 4.78 is 32.0. The molecule has 4 nitrogen and oxygen atoms in total. The van der Waals surface area contributed by atoms with E-state index in [2.05, 4.69) is 10.3 Å². The second-order valence-corrected chi connectivity index (χ2v) is 6.92. The lowest BCUT2D eigenvalue weighted by Crippen LogP contribution is -2.13. The van der Waals surface area contributed by atoms with Crippen molar-refractivity contribution in [1.29, 1.82) is 0 Å². The molecule has 0 atom stereocenters. The van der Waals surface area contributed by atoms with Crippen molar-refractivity contribution in [3.8, 4) is 17.0 Å². The summed E-state index contributed by atoms with van der Waals surface area (Å²) in [5.74, 6) is -2.02. The fraction of sp³-hybridized carbons (Fsp3) is 0.111. The number of anilines is 1. The summed E-state index contributed by atoms with van der Waals surface area (Å²) in [6, 6.07) is 7.34. The minimum absolute atomic E-state index is 0.156. The van der Waals surface area contributed by atoms with Gasteiger partial charge >= 0.3 is 0 Å². The van der Waals surface area contributed by atoms with Gasteiger partial charge < -0.3 is 4.74 Å². The Morgan fingerprint density at radius 3 is 2.88 bits per heavy atom. The molecule has 0 radical (unpaired) electrons. The van der Waals surface area contributed by atoms with Crippen molar-refractivity contribution < 1.29 is 18.3 Å². The number of carbonyl (C=O) groups is 1. The molecule has 132 valence electrons. The third-order valence-electron chi connectivity index (χ3n) is 3.96. The van der Waals surface area contributed by atoms with Crippen LogP contribution in [-0.4, -0.2) is 17.5 Å². The topological polar surface area (TPSA) is 51.2 Å². The van der Waals surface area contributed by atoms with E-state index in [9.17, 15) is 13.6 Å². The number of nitrogens with one attached hydrogen (secondary N) is 1. The van der Waals surface area contributed by atoms with Crippen molar-refractivity contribution >= 4 is 34.0 Å². The summed E-state index contributed by atoms with van der Waals surface area (Å²) in [5, 5.41) is 4.53. The smallest absolute Gasteiger partial charge is 0.259 e. The Labute approximate surface area is 156 Å². The van der Waals surface area contributed by atoms with E-state index >= 15 is 0 Å². The van der Waals surface area contributed by atoms with Crippen molar-refractivity contribution in [2.45, 2.75) is 6.42 Å². The maximum Gasteiger partial charge on any atom is 0.259 e. The van der Waals surface area contributed by atoms with E-state index in [1.54, 1.807) is 5.38 Å². The lowest BCUT2D eigenvalue weighted by Gasteiger charge is -2.05. The van der Waals surface area contributed by atoms with E-state index in [-0.39, 0.29) is 10.6 Å². The SMILES string of the molecule is O=C(Nc1nc(-c2ccc3c(c2)CCO3)cs1)c1cc(F)c(F)cc1Cl. The fourth-order valence-corrected chi connectivity index (χ4v) is 3.62. The number of hydrogen-bond donors (Lipinski definition) is 1. The van der Waals surface area contributed by atoms with Gasteiger partial charge in [0.05, 0.1) is 22.9 Å². The van der Waals surface area contributed by atoms with Crippen LogP contribution in [0.3, 0.4) is 0 Å². The van der Waals surface area contributed by atoms with Gasteiger partial charge in [0.15, 0.2) is 16.8 Å². The molecule has 4 rings (SSSR count). The van der Waals surface area contributed by atoms with Crippen LogP contribution in [0.15, 0.2) is 35.7 Å². The van der Waals surface area contributed by atoms with Crippen molar-refractivity contribution in [3.05, 3.63) is 63.5 Å². The molecular formula is C18H11ClF2N2O2S. The monoisotopic (exact) mass is 392 g/mol. The van der Waals surface area contributed by atoms with Gasteiger partial charge in [-0.25, -0.2) is 13.8 Å². The highest BCUT2D eigenvalue weighted by Gasteiger charge is 2.17. The van der Waals surface area contributed by atoms with Gasteiger partial charge in [0, 0.05) is 17.4 Å². The number of nitrogens with zero attached hydrogens (tertiary/aromatic N) is 1. The van der Waals surface area contributed by atoms with Crippen LogP contribution in [0.1, 0.15) is 15.9 Å². The number of benzene rings is 2. The van der Waals surface area contributed by atoms with Crippen LogP contribution in [0.5, 0.6) is 5.75 Å². The normalized spacial score (nSPS) is 12.6. The summed E-state index contributed by atoms with van der Waals surface area (Å²) in [6.45, 7) is 0.673. The maximum atomic E-state index is 13.4. The van der Waals surface area contributed by atoms with Crippen LogP contribution in [0.2, 0.25) is 5.02 Å². The second-order valence-electron chi connectivity index (χ2n) is 5.66. The quantitative estimate of drug-likeness (QED) is 0.643. The van der Waals surface area contributed by atoms with Crippen LogP contribution in [0.25, 0.3) is 11.3 Å². The number of fused-ring (bicyclic) bond motifs is 1. The molecule has 0 saturated carbocycles. The van der Waals surface area contributed by atoms with E-state index in [0.29, 0.717) is 17.4 Å². The Morgan fingerprint density at radius 1 is 1.23 bits per heavy atom. The van der Waals surface area contributed by atoms with Crippen LogP contribution < -0.4 is 10.1 Å². The number of rotatable bonds is 3. The third kappa shape index (κ3) is 3.15. The number of ether oxygens (including phenoxy) is 1. The summed E-state index contributed by atoms with van der Waals surface area (Å²) in [6.07, 6.45) is 0.853. The molecule has 0 saturated heterocycles. The van der Waals surface area contributed by atoms with Crippen molar-refractivity contribution in [2.75, 3.05) is 11.9 Å². The Kier molecular flexibility index (Phi) is 4.34. The van der Waals surface area contributed by atoms with Crippen LogP contribution in [0, 0.1) is 11.6 Å². The molecule has 1 amide bonds. The molecule has 0 fully saturated rings. The Balaban J connectivity index is 1.55. The highest BCUT2D eigenvalue weighted by Crippen LogP contribution is 2.32. The summed E-state index contributed by atoms with van der Waals surface area (Å²) in [7, 11) is 0. The predicted molar refractivity (Wildman–Crippen MR) is 96.1 cm³/mol. The lowest BCUT2D eigenvalue weighted by molar-refractivity contribution is 0.102. The average Bonchev–Trinajstić information content (AvgIpc) is 3.26. The van der Waals surface area contributed by atoms with E-state index in [1.165, 1.54) is 11.3 Å². The van der Waals surface area contributed by atoms with Crippen molar-refractivity contribution in [1.82, 2.24) is 4.98 Å². The highest BCUT2D eigenvalue weighted by molar-refractivity contribution is 7.14. The summed E-state index contributed by atoms with van der Waals surface area (Å²) in [5.41, 5.74) is 2.58. The third-order valence-corrected chi connectivity index (χ3v) is 5.03. The predicted octanol–water partition coefficient (Wildman–Crippen LogP) is 4.93. The minimum Gasteiger partial charge on any atom is -0.493 e. The Bertz CT molecular complexity index is 1020. The first-order chi connectivity index (χ1) is 12.5. The zero-order chi connectivity index (χ0) is 18.3. The van der Waals surface area contributed by atoms with E-state index in [4.69, 9.17) is 16.3 Å². The van der Waals surface area contributed by atoms with Gasteiger partial charge in [-0.3, -0.25) is 10.1 Å². The first-order valence-electron chi connectivity index (χ1n) is 7.69. The molecule has 0 bridgehead atoms. The van der Waals surface area contributed by atoms with E-state index in [1.807, 2.05) is 18.2 Å². The summed E-state index contributed by atoms with van der Waals surface area (Å²) in [4.78, 5) is 16.6. The molecule has 1 N–H and O–H groups in total. The Hall–Kier alpha value is -2.51. The molecular weight excluding hydrogens is 382 g/mol. The number of thiazole rings is 1. The standard InChI is InChI=1S/C18H11ClF2N2O2S/c19-12-7-14(21)13(20)6-11(12)17(24)23-18-22-15(8-26-18)9-1-2-16-10(5-9)3-4-25-16/h1-2,5-8H,3-4H2,(H,22,23,24). The first kappa shape index (κ1) is 16.9. The minimum atomic E-state index is -1.14. The second kappa shape index (κ2) is 6.66. The number of aromatic nitrogens is 1. The van der Waals surface area contributed by atoms with Crippen molar-refractivity contribution in [2.24, 2.45) is 0 Å². The fourth-order valence-electron chi connectivity index (χ4n) is 2.67. The number of carbonyl (C=O) groups excluding carboxylic acids is 1. The van der Waals surface area contributed by atoms with Crippen LogP contribution in [-0.2, 0) is 6.42 Å². The molecule has 1 aliphatic heterocycles. The van der Waals surface area contributed by atoms with Gasteiger partial charge in [-0.1, -0.05) is 11.6 Å². The van der Waals surface area contributed by atoms with Gasteiger partial charge in [-0.2, -0.15) is 0 Å². The molecule has 8 heteroatoms. The Morgan fingerprint density at radius 2 is 2.04 bits per heavy atom. The number of hydrogen-bond acceptors (Lipinski definition) is 4. The first-order valence-corrected chi connectivity index (χ1v) is 8.94. The molecule has 2 heterocycles. The lowest BCUT2D eigenvalue weighted by atomic mass is 10.1. The maximum absolute atomic E-state index is 13.4. The summed E-state index contributed by atoms with van der Waals surface area (Å²) >= 11 is 7.05. The van der Waals surface area contributed by atoms with Crippen LogP contribution >= 0.6 is 22.9 Å². The van der Waals surface area contributed by atoms with Gasteiger partial charge in [0.25, 0.3) is 5.91 Å². The molecule has 0 aliphatic carbocycles. The van der Waals surface area contributed by atoms with E-state index in [0.717, 1.165) is 35.4 Å². The zero-order valence-corrected chi connectivity index (χ0v) is 14.8. The van der Waals surface area contributed by atoms with Gasteiger partial charge in [-0.05, 0) is 35.9 Å². The molecule has 1 aromatic heterocycles. The van der Waals surface area contributed by atoms with Gasteiger partial charge in [0.2, 0.25) is 0 Å². The van der Waals surface area contributed by atoms with Crippen LogP contribution in [0.4, 0.5) is 13.9 Å². The molecule has 3 aromatic rings. The van der Waals surface area contributed by atoms with Gasteiger partial charge in [-0.15, -0.1) is 11.3 Å². The highest BCUT2D eigenvalue weighted by atomic mass is 35.5. The molecule has 0 unspecified atom stereocenters. The number of halogens is 3. The van der Waals surface area contributed by atoms with Gasteiger partial charge in [0.1, 0.15) is 5.75 Å².